The maximum absolute atomic E-state index is 5.33. The van der Waals surface area contributed by atoms with E-state index in [0.29, 0.717) is 6.04 Å². The molecule has 0 aliphatic heterocycles. The highest BCUT2D eigenvalue weighted by atomic mass is 16.3. The molecule has 0 aliphatic rings. The lowest BCUT2D eigenvalue weighted by atomic mass is 10.0. The van der Waals surface area contributed by atoms with Crippen molar-refractivity contribution in [1.82, 2.24) is 10.6 Å². The molecule has 3 nitrogen and oxygen atoms in total. The van der Waals surface area contributed by atoms with Crippen LogP contribution < -0.4 is 10.6 Å². The van der Waals surface area contributed by atoms with E-state index >= 15 is 0 Å². The van der Waals surface area contributed by atoms with Crippen LogP contribution in [0.25, 0.3) is 0 Å². The van der Waals surface area contributed by atoms with Crippen LogP contribution in [-0.4, -0.2) is 24.7 Å². The average molecular weight is 224 g/mol. The van der Waals surface area contributed by atoms with Crippen molar-refractivity contribution < 1.29 is 4.42 Å². The third kappa shape index (κ3) is 4.81. The lowest BCUT2D eigenvalue weighted by Crippen LogP contribution is -2.49. The van der Waals surface area contributed by atoms with Gasteiger partial charge in [0, 0.05) is 24.5 Å². The Hall–Kier alpha value is -0.800. The Morgan fingerprint density at radius 2 is 2.19 bits per heavy atom. The minimum Gasteiger partial charge on any atom is -0.469 e. The highest BCUT2D eigenvalue weighted by molar-refractivity contribution is 5.00. The summed E-state index contributed by atoms with van der Waals surface area (Å²) in [5.74, 6) is 1.04. The topological polar surface area (TPSA) is 37.2 Å². The van der Waals surface area contributed by atoms with Gasteiger partial charge in [-0.2, -0.15) is 0 Å². The van der Waals surface area contributed by atoms with E-state index in [-0.39, 0.29) is 5.54 Å². The van der Waals surface area contributed by atoms with Crippen LogP contribution in [0.15, 0.2) is 22.8 Å². The zero-order chi connectivity index (χ0) is 12.0. The van der Waals surface area contributed by atoms with E-state index in [1.54, 1.807) is 6.26 Å². The summed E-state index contributed by atoms with van der Waals surface area (Å²) in [6.45, 7) is 10.7. The maximum atomic E-state index is 5.33. The molecule has 0 saturated heterocycles. The van der Waals surface area contributed by atoms with Crippen molar-refractivity contribution >= 4 is 0 Å². The van der Waals surface area contributed by atoms with E-state index in [1.165, 1.54) is 0 Å². The van der Waals surface area contributed by atoms with E-state index in [1.807, 2.05) is 12.1 Å². The Labute approximate surface area is 98.6 Å². The van der Waals surface area contributed by atoms with E-state index in [9.17, 15) is 0 Å². The first kappa shape index (κ1) is 13.3. The number of likely N-dealkylation sites (N-methyl/N-ethyl adjacent to an activating group) is 1. The monoisotopic (exact) mass is 224 g/mol. The highest BCUT2D eigenvalue weighted by Gasteiger charge is 2.16. The predicted octanol–water partition coefficient (Wildman–Crippen LogP) is 2.19. The van der Waals surface area contributed by atoms with E-state index in [4.69, 9.17) is 4.42 Å². The molecule has 1 heterocycles. The van der Waals surface area contributed by atoms with Gasteiger partial charge in [0.1, 0.15) is 5.76 Å². The van der Waals surface area contributed by atoms with Gasteiger partial charge in [0.05, 0.1) is 6.26 Å². The lowest BCUT2D eigenvalue weighted by molar-refractivity contribution is 0.348. The van der Waals surface area contributed by atoms with Gasteiger partial charge in [0.25, 0.3) is 0 Å². The molecule has 0 bridgehead atoms. The summed E-state index contributed by atoms with van der Waals surface area (Å²) in [4.78, 5) is 0. The molecule has 1 rings (SSSR count). The van der Waals surface area contributed by atoms with Crippen molar-refractivity contribution in [2.45, 2.75) is 45.7 Å². The van der Waals surface area contributed by atoms with Crippen molar-refractivity contribution in [2.24, 2.45) is 0 Å². The molecular formula is C13H24N2O. The second-order valence-corrected chi connectivity index (χ2v) is 4.98. The van der Waals surface area contributed by atoms with Gasteiger partial charge >= 0.3 is 0 Å². The molecule has 3 heteroatoms. The molecule has 92 valence electrons. The van der Waals surface area contributed by atoms with Crippen molar-refractivity contribution in [3.63, 3.8) is 0 Å². The van der Waals surface area contributed by atoms with Gasteiger partial charge < -0.3 is 15.1 Å². The maximum Gasteiger partial charge on any atom is 0.105 e. The third-order valence-corrected chi connectivity index (χ3v) is 2.64. The van der Waals surface area contributed by atoms with Gasteiger partial charge in [0.2, 0.25) is 0 Å². The van der Waals surface area contributed by atoms with Gasteiger partial charge in [-0.15, -0.1) is 0 Å². The molecule has 1 aromatic rings. The molecule has 0 amide bonds. The smallest absolute Gasteiger partial charge is 0.105 e. The molecule has 0 radical (unpaired) electrons. The predicted molar refractivity (Wildman–Crippen MR) is 67.6 cm³/mol. The Kier molecular flexibility index (Phi) is 5.03. The summed E-state index contributed by atoms with van der Waals surface area (Å²) in [5.41, 5.74) is 0.145. The van der Waals surface area contributed by atoms with Crippen LogP contribution in [-0.2, 0) is 6.42 Å². The van der Waals surface area contributed by atoms with Gasteiger partial charge in [-0.1, -0.05) is 6.92 Å². The molecule has 0 fully saturated rings. The number of hydrogen-bond donors (Lipinski definition) is 2. The van der Waals surface area contributed by atoms with Crippen LogP contribution in [0.5, 0.6) is 0 Å². The van der Waals surface area contributed by atoms with Gasteiger partial charge in [0.15, 0.2) is 0 Å². The zero-order valence-corrected chi connectivity index (χ0v) is 10.8. The summed E-state index contributed by atoms with van der Waals surface area (Å²) in [7, 11) is 0. The Bertz CT molecular complexity index is 280. The summed E-state index contributed by atoms with van der Waals surface area (Å²) < 4.78 is 5.33. The van der Waals surface area contributed by atoms with E-state index in [2.05, 4.69) is 38.3 Å². The molecule has 2 N–H and O–H groups in total. The first-order valence-corrected chi connectivity index (χ1v) is 6.04. The number of nitrogens with one attached hydrogen (secondary N) is 2. The normalized spacial score (nSPS) is 14.0. The quantitative estimate of drug-likeness (QED) is 0.745. The summed E-state index contributed by atoms with van der Waals surface area (Å²) >= 11 is 0. The molecule has 0 saturated carbocycles. The molecule has 0 aromatic carbocycles. The second kappa shape index (κ2) is 6.06. The van der Waals surface area contributed by atoms with Crippen LogP contribution in [0.2, 0.25) is 0 Å². The van der Waals surface area contributed by atoms with Gasteiger partial charge in [-0.25, -0.2) is 0 Å². The Morgan fingerprint density at radius 1 is 1.44 bits per heavy atom. The standard InChI is InChI=1S/C13H24N2O/c1-5-15-13(3,4)10-14-11(2)9-12-7-6-8-16-12/h6-8,11,14-15H,5,9-10H2,1-4H3. The largest absolute Gasteiger partial charge is 0.469 e. The van der Waals surface area contributed by atoms with Crippen LogP contribution in [0.3, 0.4) is 0 Å². The first-order valence-electron chi connectivity index (χ1n) is 6.04. The van der Waals surface area contributed by atoms with Gasteiger partial charge in [-0.05, 0) is 39.4 Å². The fraction of sp³-hybridized carbons (Fsp3) is 0.692. The van der Waals surface area contributed by atoms with Crippen molar-refractivity contribution in [3.05, 3.63) is 24.2 Å². The minimum absolute atomic E-state index is 0.145. The Balaban J connectivity index is 2.27. The average Bonchev–Trinajstić information content (AvgIpc) is 2.68. The first-order chi connectivity index (χ1) is 7.53. The van der Waals surface area contributed by atoms with Crippen LogP contribution in [0.1, 0.15) is 33.5 Å². The fourth-order valence-corrected chi connectivity index (χ4v) is 1.77. The molecule has 0 aliphatic carbocycles. The SMILES string of the molecule is CCNC(C)(C)CNC(C)Cc1ccco1. The molecular weight excluding hydrogens is 200 g/mol. The summed E-state index contributed by atoms with van der Waals surface area (Å²) in [6.07, 6.45) is 2.67. The summed E-state index contributed by atoms with van der Waals surface area (Å²) in [5, 5.41) is 6.97. The van der Waals surface area contributed by atoms with E-state index in [0.717, 1.165) is 25.3 Å². The zero-order valence-electron chi connectivity index (χ0n) is 10.8. The molecule has 16 heavy (non-hydrogen) atoms. The van der Waals surface area contributed by atoms with Crippen molar-refractivity contribution in [1.29, 1.82) is 0 Å². The number of furan rings is 1. The lowest BCUT2D eigenvalue weighted by Gasteiger charge is -2.28. The van der Waals surface area contributed by atoms with Crippen molar-refractivity contribution in [2.75, 3.05) is 13.1 Å². The highest BCUT2D eigenvalue weighted by Crippen LogP contribution is 2.05. The fourth-order valence-electron chi connectivity index (χ4n) is 1.77. The molecule has 0 spiro atoms. The molecule has 1 aromatic heterocycles. The van der Waals surface area contributed by atoms with Crippen molar-refractivity contribution in [3.8, 4) is 0 Å². The minimum atomic E-state index is 0.145. The number of hydrogen-bond acceptors (Lipinski definition) is 3. The van der Waals surface area contributed by atoms with E-state index < -0.39 is 0 Å². The van der Waals surface area contributed by atoms with Crippen LogP contribution in [0.4, 0.5) is 0 Å². The van der Waals surface area contributed by atoms with Gasteiger partial charge in [-0.3, -0.25) is 0 Å². The second-order valence-electron chi connectivity index (χ2n) is 4.98. The summed E-state index contributed by atoms with van der Waals surface area (Å²) in [6, 6.07) is 4.39. The number of rotatable bonds is 7. The van der Waals surface area contributed by atoms with Crippen LogP contribution in [0, 0.1) is 0 Å². The Morgan fingerprint density at radius 3 is 2.75 bits per heavy atom. The third-order valence-electron chi connectivity index (χ3n) is 2.64. The molecule has 1 unspecified atom stereocenters. The molecule has 1 atom stereocenters. The van der Waals surface area contributed by atoms with Crippen LogP contribution >= 0.6 is 0 Å².